The monoisotopic (exact) mass is 382 g/mol. The molecule has 27 heavy (non-hydrogen) atoms. The molecule has 3 amide bonds. The predicted molar refractivity (Wildman–Crippen MR) is 106 cm³/mol. The molecule has 1 aliphatic rings. The van der Waals surface area contributed by atoms with E-state index in [1.807, 2.05) is 13.0 Å². The van der Waals surface area contributed by atoms with Gasteiger partial charge in [-0.1, -0.05) is 18.2 Å². The Morgan fingerprint density at radius 1 is 1.19 bits per heavy atom. The lowest BCUT2D eigenvalue weighted by Crippen LogP contribution is -2.52. The fourth-order valence-corrected chi connectivity index (χ4v) is 2.94. The number of carbonyl (C=O) groups is 3. The Morgan fingerprint density at radius 2 is 1.85 bits per heavy atom. The fourth-order valence-electron chi connectivity index (χ4n) is 2.76. The van der Waals surface area contributed by atoms with Gasteiger partial charge in [0.25, 0.3) is 17.7 Å². The first-order valence-electron chi connectivity index (χ1n) is 8.20. The van der Waals surface area contributed by atoms with Gasteiger partial charge in [0.1, 0.15) is 5.57 Å². The number of carbonyl (C=O) groups excluding carboxylic acids is 3. The molecular formula is C19H18N4O3S. The standard InChI is InChI=1S/C19H18N4O3S/c1-11-9-14(10-15-17(25)20-19(27)22(3)18(15)26)12(2)23(11)21-16(24)13-7-5-4-6-8-13/h4-10H,1-3H3,(H,21,24)(H,20,25,27)/b15-10+. The number of hydrogen-bond donors (Lipinski definition) is 2. The quantitative estimate of drug-likeness (QED) is 0.481. The average Bonchev–Trinajstić information content (AvgIpc) is 2.91. The van der Waals surface area contributed by atoms with Gasteiger partial charge >= 0.3 is 0 Å². The zero-order valence-electron chi connectivity index (χ0n) is 15.1. The first-order valence-corrected chi connectivity index (χ1v) is 8.61. The largest absolute Gasteiger partial charge is 0.298 e. The van der Waals surface area contributed by atoms with Gasteiger partial charge in [-0.15, -0.1) is 0 Å². The molecule has 0 bridgehead atoms. The second-order valence-electron chi connectivity index (χ2n) is 6.15. The van der Waals surface area contributed by atoms with Crippen molar-refractivity contribution in [2.24, 2.45) is 0 Å². The molecule has 0 saturated carbocycles. The van der Waals surface area contributed by atoms with Crippen molar-refractivity contribution in [2.75, 3.05) is 12.5 Å². The minimum absolute atomic E-state index is 0.0132. The summed E-state index contributed by atoms with van der Waals surface area (Å²) in [5.41, 5.74) is 5.45. The Balaban J connectivity index is 1.92. The summed E-state index contributed by atoms with van der Waals surface area (Å²) >= 11 is 4.94. The molecule has 1 aromatic heterocycles. The third kappa shape index (κ3) is 3.52. The number of benzene rings is 1. The van der Waals surface area contributed by atoms with Crippen LogP contribution in [0.5, 0.6) is 0 Å². The molecule has 0 spiro atoms. The maximum absolute atomic E-state index is 12.4. The van der Waals surface area contributed by atoms with Gasteiger partial charge in [-0.2, -0.15) is 0 Å². The van der Waals surface area contributed by atoms with Crippen LogP contribution in [-0.4, -0.2) is 39.5 Å². The highest BCUT2D eigenvalue weighted by atomic mass is 32.1. The summed E-state index contributed by atoms with van der Waals surface area (Å²) in [6.07, 6.45) is 1.50. The highest BCUT2D eigenvalue weighted by Crippen LogP contribution is 2.20. The van der Waals surface area contributed by atoms with Crippen LogP contribution < -0.4 is 10.7 Å². The average molecular weight is 382 g/mol. The summed E-state index contributed by atoms with van der Waals surface area (Å²) < 4.78 is 1.63. The molecule has 0 radical (unpaired) electrons. The smallest absolute Gasteiger partial charge is 0.270 e. The summed E-state index contributed by atoms with van der Waals surface area (Å²) in [5.74, 6) is -1.27. The van der Waals surface area contributed by atoms with Gasteiger partial charge in [0.2, 0.25) is 0 Å². The van der Waals surface area contributed by atoms with Gasteiger partial charge in [-0.25, -0.2) is 0 Å². The minimum atomic E-state index is -0.541. The zero-order chi connectivity index (χ0) is 19.7. The van der Waals surface area contributed by atoms with E-state index in [1.165, 1.54) is 18.0 Å². The maximum atomic E-state index is 12.4. The van der Waals surface area contributed by atoms with Crippen LogP contribution in [0, 0.1) is 13.8 Å². The molecule has 0 aliphatic carbocycles. The highest BCUT2D eigenvalue weighted by Gasteiger charge is 2.31. The van der Waals surface area contributed by atoms with E-state index >= 15 is 0 Å². The molecule has 8 heteroatoms. The number of hydrogen-bond acceptors (Lipinski definition) is 4. The van der Waals surface area contributed by atoms with E-state index in [0.29, 0.717) is 16.8 Å². The fraction of sp³-hybridized carbons (Fsp3) is 0.158. The van der Waals surface area contributed by atoms with Crippen LogP contribution in [0.1, 0.15) is 27.3 Å². The van der Waals surface area contributed by atoms with Crippen molar-refractivity contribution in [1.82, 2.24) is 14.9 Å². The van der Waals surface area contributed by atoms with Crippen LogP contribution in [0.3, 0.4) is 0 Å². The van der Waals surface area contributed by atoms with E-state index in [2.05, 4.69) is 10.7 Å². The van der Waals surface area contributed by atoms with Gasteiger partial charge in [0, 0.05) is 24.0 Å². The number of thiocarbonyl (C=S) groups is 1. The Kier molecular flexibility index (Phi) is 4.91. The molecule has 2 heterocycles. The van der Waals surface area contributed by atoms with Crippen molar-refractivity contribution >= 4 is 41.1 Å². The minimum Gasteiger partial charge on any atom is -0.298 e. The van der Waals surface area contributed by atoms with Crippen molar-refractivity contribution < 1.29 is 14.4 Å². The summed E-state index contributed by atoms with van der Waals surface area (Å²) in [6.45, 7) is 3.62. The van der Waals surface area contributed by atoms with Crippen LogP contribution in [0.4, 0.5) is 0 Å². The molecule has 3 rings (SSSR count). The van der Waals surface area contributed by atoms with E-state index in [-0.39, 0.29) is 16.6 Å². The second-order valence-corrected chi connectivity index (χ2v) is 6.54. The third-order valence-electron chi connectivity index (χ3n) is 4.32. The maximum Gasteiger partial charge on any atom is 0.270 e. The topological polar surface area (TPSA) is 83.4 Å². The SMILES string of the molecule is Cc1cc(/C=C2\C(=O)NC(=S)N(C)C2=O)c(C)n1NC(=O)c1ccccc1. The van der Waals surface area contributed by atoms with E-state index < -0.39 is 11.8 Å². The van der Waals surface area contributed by atoms with Crippen LogP contribution in [0.15, 0.2) is 42.0 Å². The molecule has 0 unspecified atom stereocenters. The molecule has 0 atom stereocenters. The first kappa shape index (κ1) is 18.5. The van der Waals surface area contributed by atoms with Gasteiger partial charge in [0.05, 0.1) is 0 Å². The molecule has 1 aromatic carbocycles. The number of aryl methyl sites for hydroxylation is 1. The van der Waals surface area contributed by atoms with Gasteiger partial charge in [0.15, 0.2) is 5.11 Å². The highest BCUT2D eigenvalue weighted by molar-refractivity contribution is 7.80. The summed E-state index contributed by atoms with van der Waals surface area (Å²) in [4.78, 5) is 38.1. The zero-order valence-corrected chi connectivity index (χ0v) is 15.9. The lowest BCUT2D eigenvalue weighted by Gasteiger charge is -2.25. The third-order valence-corrected chi connectivity index (χ3v) is 4.70. The molecule has 2 N–H and O–H groups in total. The number of rotatable bonds is 3. The molecule has 138 valence electrons. The number of amides is 3. The van der Waals surface area contributed by atoms with Crippen LogP contribution >= 0.6 is 12.2 Å². The van der Waals surface area contributed by atoms with Gasteiger partial charge in [-0.3, -0.25) is 34.7 Å². The Labute approximate surface area is 161 Å². The predicted octanol–water partition coefficient (Wildman–Crippen LogP) is 1.75. The number of likely N-dealkylation sites (N-methyl/N-ethyl adjacent to an activating group) is 1. The number of aromatic nitrogens is 1. The molecule has 1 aliphatic heterocycles. The summed E-state index contributed by atoms with van der Waals surface area (Å²) in [5, 5.41) is 2.55. The molecule has 1 fully saturated rings. The van der Waals surface area contributed by atoms with Crippen molar-refractivity contribution in [3.63, 3.8) is 0 Å². The van der Waals surface area contributed by atoms with Crippen LogP contribution in [0.25, 0.3) is 6.08 Å². The van der Waals surface area contributed by atoms with E-state index in [1.54, 1.807) is 41.9 Å². The normalized spacial score (nSPS) is 15.9. The van der Waals surface area contributed by atoms with Gasteiger partial charge in [-0.05, 0) is 55.9 Å². The Hall–Kier alpha value is -3.26. The first-order chi connectivity index (χ1) is 12.8. The van der Waals surface area contributed by atoms with E-state index in [4.69, 9.17) is 12.2 Å². The van der Waals surface area contributed by atoms with Crippen molar-refractivity contribution in [3.8, 4) is 0 Å². The molecular weight excluding hydrogens is 364 g/mol. The number of nitrogens with one attached hydrogen (secondary N) is 2. The second kappa shape index (κ2) is 7.16. The van der Waals surface area contributed by atoms with Crippen LogP contribution in [0.2, 0.25) is 0 Å². The van der Waals surface area contributed by atoms with Crippen molar-refractivity contribution in [1.29, 1.82) is 0 Å². The molecule has 7 nitrogen and oxygen atoms in total. The lowest BCUT2D eigenvalue weighted by molar-refractivity contribution is -0.128. The summed E-state index contributed by atoms with van der Waals surface area (Å²) in [7, 11) is 1.50. The van der Waals surface area contributed by atoms with Crippen LogP contribution in [-0.2, 0) is 9.59 Å². The lowest BCUT2D eigenvalue weighted by atomic mass is 10.1. The van der Waals surface area contributed by atoms with Crippen molar-refractivity contribution in [2.45, 2.75) is 13.8 Å². The summed E-state index contributed by atoms with van der Waals surface area (Å²) in [6, 6.07) is 10.6. The van der Waals surface area contributed by atoms with Crippen molar-refractivity contribution in [3.05, 3.63) is 64.5 Å². The molecule has 1 saturated heterocycles. The Morgan fingerprint density at radius 3 is 2.52 bits per heavy atom. The van der Waals surface area contributed by atoms with E-state index in [9.17, 15) is 14.4 Å². The van der Waals surface area contributed by atoms with Gasteiger partial charge < -0.3 is 0 Å². The Bertz CT molecular complexity index is 992. The number of nitrogens with zero attached hydrogens (tertiary/aromatic N) is 2. The van der Waals surface area contributed by atoms with E-state index in [0.717, 1.165) is 5.69 Å². The molecule has 2 aromatic rings.